The average Bonchev–Trinajstić information content (AvgIpc) is 2.97. The summed E-state index contributed by atoms with van der Waals surface area (Å²) in [4.78, 5) is 28.4. The van der Waals surface area contributed by atoms with E-state index in [0.29, 0.717) is 27.5 Å². The summed E-state index contributed by atoms with van der Waals surface area (Å²) in [5.74, 6) is -0.939. The summed E-state index contributed by atoms with van der Waals surface area (Å²) < 4.78 is 0. The molecule has 1 aliphatic rings. The first-order valence-electron chi connectivity index (χ1n) is 9.27. The predicted molar refractivity (Wildman–Crippen MR) is 120 cm³/mol. The fourth-order valence-corrected chi connectivity index (χ4v) is 4.28. The van der Waals surface area contributed by atoms with E-state index >= 15 is 0 Å². The average molecular weight is 439 g/mol. The Morgan fingerprint density at radius 2 is 1.87 bits per heavy atom. The number of nitrogens with zero attached hydrogens (tertiary/aromatic N) is 1. The number of para-hydroxylation sites is 1. The quantitative estimate of drug-likeness (QED) is 0.583. The van der Waals surface area contributed by atoms with Gasteiger partial charge in [-0.2, -0.15) is 0 Å². The molecule has 2 amide bonds. The fraction of sp³-hybridized carbons (Fsp3) is 0.130. The van der Waals surface area contributed by atoms with Crippen molar-refractivity contribution in [1.82, 2.24) is 0 Å². The van der Waals surface area contributed by atoms with Crippen LogP contribution in [0.15, 0.2) is 77.7 Å². The molecule has 0 saturated carbocycles. The number of carbonyl (C=O) groups is 2. The number of nitrogens with one attached hydrogen (secondary N) is 1. The Balaban J connectivity index is 1.64. The maximum absolute atomic E-state index is 13.3. The summed E-state index contributed by atoms with van der Waals surface area (Å²) in [6, 6.07) is 21.0. The highest BCUT2D eigenvalue weighted by Crippen LogP contribution is 2.44. The van der Waals surface area contributed by atoms with Crippen LogP contribution in [0.5, 0.6) is 0 Å². The molecule has 5 nitrogen and oxygen atoms in total. The summed E-state index contributed by atoms with van der Waals surface area (Å²) in [5, 5.41) is 14.7. The van der Waals surface area contributed by atoms with E-state index in [-0.39, 0.29) is 12.5 Å². The first kappa shape index (κ1) is 20.5. The first-order valence-corrected chi connectivity index (χ1v) is 10.9. The molecule has 0 unspecified atom stereocenters. The zero-order valence-electron chi connectivity index (χ0n) is 16.1. The number of aliphatic hydroxyl groups is 1. The maximum atomic E-state index is 13.3. The molecule has 3 aromatic carbocycles. The SMILES string of the molecule is CSc1cccc(NC(=O)CN2C(=O)[C@](O)(c3cccc(Cl)c3)c3ccccc32)c1. The molecule has 1 heterocycles. The van der Waals surface area contributed by atoms with Crippen molar-refractivity contribution >= 4 is 46.6 Å². The summed E-state index contributed by atoms with van der Waals surface area (Å²) in [7, 11) is 0. The molecular weight excluding hydrogens is 420 g/mol. The van der Waals surface area contributed by atoms with E-state index in [1.54, 1.807) is 66.4 Å². The number of halogens is 1. The second-order valence-corrected chi connectivity index (χ2v) is 8.23. The molecule has 0 fully saturated rings. The normalized spacial score (nSPS) is 17.7. The number of hydrogen-bond donors (Lipinski definition) is 2. The molecule has 30 heavy (non-hydrogen) atoms. The van der Waals surface area contributed by atoms with E-state index in [1.165, 1.54) is 4.90 Å². The lowest BCUT2D eigenvalue weighted by Crippen LogP contribution is -2.44. The topological polar surface area (TPSA) is 69.6 Å². The molecule has 2 N–H and O–H groups in total. The van der Waals surface area contributed by atoms with E-state index in [4.69, 9.17) is 11.6 Å². The molecule has 0 spiro atoms. The minimum Gasteiger partial charge on any atom is -0.372 e. The van der Waals surface area contributed by atoms with Crippen molar-refractivity contribution in [2.75, 3.05) is 23.0 Å². The minimum atomic E-state index is -1.90. The van der Waals surface area contributed by atoms with Gasteiger partial charge in [0.1, 0.15) is 6.54 Å². The van der Waals surface area contributed by atoms with Gasteiger partial charge in [0.05, 0.1) is 5.69 Å². The number of fused-ring (bicyclic) bond motifs is 1. The van der Waals surface area contributed by atoms with Gasteiger partial charge in [-0.05, 0) is 48.2 Å². The van der Waals surface area contributed by atoms with Gasteiger partial charge in [-0.3, -0.25) is 14.5 Å². The van der Waals surface area contributed by atoms with E-state index in [9.17, 15) is 14.7 Å². The Morgan fingerprint density at radius 3 is 2.63 bits per heavy atom. The lowest BCUT2D eigenvalue weighted by molar-refractivity contribution is -0.133. The lowest BCUT2D eigenvalue weighted by atomic mass is 9.87. The van der Waals surface area contributed by atoms with Crippen molar-refractivity contribution < 1.29 is 14.7 Å². The maximum Gasteiger partial charge on any atom is 0.268 e. The van der Waals surface area contributed by atoms with Crippen LogP contribution >= 0.6 is 23.4 Å². The number of thioether (sulfide) groups is 1. The van der Waals surface area contributed by atoms with Crippen LogP contribution in [0.1, 0.15) is 11.1 Å². The van der Waals surface area contributed by atoms with Gasteiger partial charge in [0.15, 0.2) is 5.60 Å². The standard InChI is InChI=1S/C23H19ClN2O3S/c1-30-18-9-5-8-17(13-18)25-21(27)14-26-20-11-3-2-10-19(20)23(29,22(26)28)15-6-4-7-16(24)12-15/h2-13,29H,14H2,1H3,(H,25,27)/t23-/m0/s1. The van der Waals surface area contributed by atoms with Crippen molar-refractivity contribution in [3.8, 4) is 0 Å². The molecule has 4 rings (SSSR count). The zero-order chi connectivity index (χ0) is 21.3. The van der Waals surface area contributed by atoms with Crippen LogP contribution in [0.3, 0.4) is 0 Å². The van der Waals surface area contributed by atoms with Gasteiger partial charge in [-0.1, -0.05) is 48.0 Å². The molecule has 3 aromatic rings. The number of anilines is 2. The Labute approximate surface area is 183 Å². The van der Waals surface area contributed by atoms with Gasteiger partial charge in [0.25, 0.3) is 5.91 Å². The monoisotopic (exact) mass is 438 g/mol. The predicted octanol–water partition coefficient (Wildman–Crippen LogP) is 4.28. The van der Waals surface area contributed by atoms with Gasteiger partial charge in [-0.15, -0.1) is 11.8 Å². The first-order chi connectivity index (χ1) is 14.4. The Kier molecular flexibility index (Phi) is 5.56. The molecule has 0 aliphatic carbocycles. The Hall–Kier alpha value is -2.80. The number of rotatable bonds is 5. The summed E-state index contributed by atoms with van der Waals surface area (Å²) in [6.45, 7) is -0.220. The molecule has 7 heteroatoms. The lowest BCUT2D eigenvalue weighted by Gasteiger charge is -2.23. The van der Waals surface area contributed by atoms with E-state index in [1.807, 2.05) is 24.5 Å². The molecule has 0 bridgehead atoms. The van der Waals surface area contributed by atoms with Crippen LogP contribution in [-0.4, -0.2) is 29.7 Å². The highest BCUT2D eigenvalue weighted by atomic mass is 35.5. The molecule has 152 valence electrons. The van der Waals surface area contributed by atoms with Crippen molar-refractivity contribution in [2.24, 2.45) is 0 Å². The number of hydrogen-bond acceptors (Lipinski definition) is 4. The second kappa shape index (κ2) is 8.14. The van der Waals surface area contributed by atoms with Gasteiger partial charge < -0.3 is 10.4 Å². The third-order valence-corrected chi connectivity index (χ3v) is 6.00. The molecule has 0 aromatic heterocycles. The highest BCUT2D eigenvalue weighted by molar-refractivity contribution is 7.98. The molecule has 0 saturated heterocycles. The van der Waals surface area contributed by atoms with Crippen LogP contribution in [0.2, 0.25) is 5.02 Å². The summed E-state index contributed by atoms with van der Waals surface area (Å²) in [6.07, 6.45) is 1.96. The molecule has 1 atom stereocenters. The second-order valence-electron chi connectivity index (χ2n) is 6.91. The highest BCUT2D eigenvalue weighted by Gasteiger charge is 2.51. The van der Waals surface area contributed by atoms with Crippen molar-refractivity contribution in [1.29, 1.82) is 0 Å². The van der Waals surface area contributed by atoms with E-state index in [2.05, 4.69) is 5.32 Å². The Morgan fingerprint density at radius 1 is 1.10 bits per heavy atom. The van der Waals surface area contributed by atoms with Gasteiger partial charge in [0, 0.05) is 21.2 Å². The Bertz CT molecular complexity index is 1140. The molecule has 1 aliphatic heterocycles. The smallest absolute Gasteiger partial charge is 0.268 e. The van der Waals surface area contributed by atoms with Crippen LogP contribution in [0.4, 0.5) is 11.4 Å². The van der Waals surface area contributed by atoms with E-state index < -0.39 is 11.5 Å². The minimum absolute atomic E-state index is 0.220. The van der Waals surface area contributed by atoms with Crippen LogP contribution < -0.4 is 10.2 Å². The number of amides is 2. The van der Waals surface area contributed by atoms with Crippen molar-refractivity contribution in [3.05, 3.63) is 88.9 Å². The van der Waals surface area contributed by atoms with Crippen LogP contribution in [0, 0.1) is 0 Å². The van der Waals surface area contributed by atoms with Crippen LogP contribution in [-0.2, 0) is 15.2 Å². The largest absolute Gasteiger partial charge is 0.372 e. The van der Waals surface area contributed by atoms with Gasteiger partial charge >= 0.3 is 0 Å². The van der Waals surface area contributed by atoms with Gasteiger partial charge in [0.2, 0.25) is 5.91 Å². The summed E-state index contributed by atoms with van der Waals surface area (Å²) >= 11 is 7.67. The number of carbonyl (C=O) groups excluding carboxylic acids is 2. The zero-order valence-corrected chi connectivity index (χ0v) is 17.7. The third-order valence-electron chi connectivity index (χ3n) is 5.04. The molecule has 0 radical (unpaired) electrons. The van der Waals surface area contributed by atoms with E-state index in [0.717, 1.165) is 4.90 Å². The fourth-order valence-electron chi connectivity index (χ4n) is 3.63. The van der Waals surface area contributed by atoms with Crippen LogP contribution in [0.25, 0.3) is 0 Å². The third kappa shape index (κ3) is 3.58. The van der Waals surface area contributed by atoms with Gasteiger partial charge in [-0.25, -0.2) is 0 Å². The van der Waals surface area contributed by atoms with Crippen molar-refractivity contribution in [3.63, 3.8) is 0 Å². The number of benzene rings is 3. The summed E-state index contributed by atoms with van der Waals surface area (Å²) in [5.41, 5.74) is 0.0351. The van der Waals surface area contributed by atoms with Crippen molar-refractivity contribution in [2.45, 2.75) is 10.5 Å². The molecular formula is C23H19ClN2O3S.